The van der Waals surface area contributed by atoms with Gasteiger partial charge in [0.25, 0.3) is 0 Å². The Balaban J connectivity index is 2.56. The van der Waals surface area contributed by atoms with Gasteiger partial charge in [0.15, 0.2) is 0 Å². The average molecular weight is 294 g/mol. The second-order valence-electron chi connectivity index (χ2n) is 5.80. The number of hydrogen-bond acceptors (Lipinski definition) is 4. The van der Waals surface area contributed by atoms with Gasteiger partial charge in [0.05, 0.1) is 12.2 Å². The predicted molar refractivity (Wildman–Crippen MR) is 85.7 cm³/mol. The molecule has 0 aliphatic heterocycles. The molecule has 0 radical (unpaired) electrons. The fourth-order valence-electron chi connectivity index (χ4n) is 1.83. The molecule has 0 bridgehead atoms. The normalized spacial score (nSPS) is 11.3. The molecule has 0 aliphatic carbocycles. The lowest BCUT2D eigenvalue weighted by Crippen LogP contribution is -2.27. The Morgan fingerprint density at radius 1 is 1.29 bits per heavy atom. The maximum atomic E-state index is 11.8. The zero-order valence-electron chi connectivity index (χ0n) is 13.3. The van der Waals surface area contributed by atoms with E-state index in [4.69, 9.17) is 9.84 Å². The van der Waals surface area contributed by atoms with Crippen molar-refractivity contribution in [3.63, 3.8) is 0 Å². The van der Waals surface area contributed by atoms with E-state index < -0.39 is 0 Å². The number of likely N-dealkylation sites (N-methyl/N-ethyl adjacent to an activating group) is 1. The zero-order valence-corrected chi connectivity index (χ0v) is 13.3. The number of anilines is 2. The highest BCUT2D eigenvalue weighted by atomic mass is 16.5. The van der Waals surface area contributed by atoms with E-state index in [0.717, 1.165) is 17.9 Å². The molecule has 2 N–H and O–H groups in total. The quantitative estimate of drug-likeness (QED) is 0.810. The van der Waals surface area contributed by atoms with E-state index in [1.807, 2.05) is 52.0 Å². The van der Waals surface area contributed by atoms with Gasteiger partial charge < -0.3 is 20.1 Å². The summed E-state index contributed by atoms with van der Waals surface area (Å²) in [5.41, 5.74) is 1.43. The van der Waals surface area contributed by atoms with E-state index in [0.29, 0.717) is 6.54 Å². The standard InChI is InChI=1S/C16H26N2O3/c1-5-18(10-11-19)14-8-6-13(7-9-14)17-15(20)12-21-16(2,3)4/h6-9,19H,5,10-12H2,1-4H3,(H,17,20). The van der Waals surface area contributed by atoms with E-state index in [2.05, 4.69) is 10.2 Å². The molecule has 0 saturated heterocycles. The van der Waals surface area contributed by atoms with Crippen LogP contribution in [0.3, 0.4) is 0 Å². The Labute approximate surface area is 126 Å². The van der Waals surface area contributed by atoms with Crippen LogP contribution in [0.4, 0.5) is 11.4 Å². The predicted octanol–water partition coefficient (Wildman–Crippen LogP) is 2.26. The molecule has 0 aromatic heterocycles. The molecule has 21 heavy (non-hydrogen) atoms. The number of carbonyl (C=O) groups is 1. The van der Waals surface area contributed by atoms with Gasteiger partial charge in [0.2, 0.25) is 5.91 Å². The molecular formula is C16H26N2O3. The van der Waals surface area contributed by atoms with Crippen LogP contribution in [-0.2, 0) is 9.53 Å². The number of amides is 1. The van der Waals surface area contributed by atoms with Crippen molar-refractivity contribution >= 4 is 17.3 Å². The van der Waals surface area contributed by atoms with Crippen molar-refractivity contribution in [3.05, 3.63) is 24.3 Å². The lowest BCUT2D eigenvalue weighted by molar-refractivity contribution is -0.125. The summed E-state index contributed by atoms with van der Waals surface area (Å²) < 4.78 is 5.43. The first-order valence-electron chi connectivity index (χ1n) is 7.25. The number of nitrogens with zero attached hydrogens (tertiary/aromatic N) is 1. The number of carbonyl (C=O) groups excluding carboxylic acids is 1. The third kappa shape index (κ3) is 6.60. The van der Waals surface area contributed by atoms with Crippen LogP contribution in [0.1, 0.15) is 27.7 Å². The fraction of sp³-hybridized carbons (Fsp3) is 0.562. The Morgan fingerprint density at radius 2 is 1.90 bits per heavy atom. The zero-order chi connectivity index (χ0) is 15.9. The fourth-order valence-corrected chi connectivity index (χ4v) is 1.83. The SMILES string of the molecule is CCN(CCO)c1ccc(NC(=O)COC(C)(C)C)cc1. The van der Waals surface area contributed by atoms with Crippen LogP contribution >= 0.6 is 0 Å². The monoisotopic (exact) mass is 294 g/mol. The van der Waals surface area contributed by atoms with Crippen LogP contribution in [0, 0.1) is 0 Å². The number of ether oxygens (including phenoxy) is 1. The smallest absolute Gasteiger partial charge is 0.250 e. The lowest BCUT2D eigenvalue weighted by atomic mass is 10.2. The van der Waals surface area contributed by atoms with Crippen molar-refractivity contribution in [2.45, 2.75) is 33.3 Å². The molecule has 5 heteroatoms. The second-order valence-corrected chi connectivity index (χ2v) is 5.80. The van der Waals surface area contributed by atoms with Crippen LogP contribution in [-0.4, -0.2) is 42.9 Å². The van der Waals surface area contributed by atoms with Crippen molar-refractivity contribution in [1.82, 2.24) is 0 Å². The van der Waals surface area contributed by atoms with Gasteiger partial charge >= 0.3 is 0 Å². The summed E-state index contributed by atoms with van der Waals surface area (Å²) in [5.74, 6) is -0.166. The molecule has 1 rings (SSSR count). The molecule has 1 amide bonds. The molecule has 0 atom stereocenters. The third-order valence-corrected chi connectivity index (χ3v) is 2.90. The van der Waals surface area contributed by atoms with Crippen LogP contribution in [0.2, 0.25) is 0 Å². The molecule has 1 aromatic carbocycles. The van der Waals surface area contributed by atoms with E-state index in [9.17, 15) is 4.79 Å². The first-order valence-corrected chi connectivity index (χ1v) is 7.25. The van der Waals surface area contributed by atoms with Crippen LogP contribution < -0.4 is 10.2 Å². The molecule has 0 aliphatic rings. The highest BCUT2D eigenvalue weighted by Gasteiger charge is 2.13. The topological polar surface area (TPSA) is 61.8 Å². The average Bonchev–Trinajstić information content (AvgIpc) is 2.43. The van der Waals surface area contributed by atoms with E-state index >= 15 is 0 Å². The molecule has 0 unspecified atom stereocenters. The number of aliphatic hydroxyl groups is 1. The van der Waals surface area contributed by atoms with Crippen molar-refractivity contribution < 1.29 is 14.6 Å². The minimum absolute atomic E-state index is 0.0385. The minimum Gasteiger partial charge on any atom is -0.395 e. The van der Waals surface area contributed by atoms with E-state index in [1.54, 1.807) is 0 Å². The van der Waals surface area contributed by atoms with Crippen LogP contribution in [0.25, 0.3) is 0 Å². The van der Waals surface area contributed by atoms with Gasteiger partial charge in [-0.2, -0.15) is 0 Å². The molecular weight excluding hydrogens is 268 g/mol. The summed E-state index contributed by atoms with van der Waals surface area (Å²) in [5, 5.41) is 11.8. The van der Waals surface area contributed by atoms with Gasteiger partial charge in [-0.15, -0.1) is 0 Å². The summed E-state index contributed by atoms with van der Waals surface area (Å²) in [6.07, 6.45) is 0. The van der Waals surface area contributed by atoms with E-state index in [1.165, 1.54) is 0 Å². The second kappa shape index (κ2) is 8.00. The molecule has 0 heterocycles. The first-order chi connectivity index (χ1) is 9.85. The Morgan fingerprint density at radius 3 is 2.38 bits per heavy atom. The maximum Gasteiger partial charge on any atom is 0.250 e. The Kier molecular flexibility index (Phi) is 6.65. The molecule has 0 spiro atoms. The van der Waals surface area contributed by atoms with Gasteiger partial charge in [0, 0.05) is 24.5 Å². The summed E-state index contributed by atoms with van der Waals surface area (Å²) >= 11 is 0. The largest absolute Gasteiger partial charge is 0.395 e. The van der Waals surface area contributed by atoms with Gasteiger partial charge in [-0.25, -0.2) is 0 Å². The first kappa shape index (κ1) is 17.5. The molecule has 1 aromatic rings. The number of nitrogens with one attached hydrogen (secondary N) is 1. The third-order valence-electron chi connectivity index (χ3n) is 2.90. The lowest BCUT2D eigenvalue weighted by Gasteiger charge is -2.22. The van der Waals surface area contributed by atoms with Crippen LogP contribution in [0.5, 0.6) is 0 Å². The van der Waals surface area contributed by atoms with Crippen molar-refractivity contribution in [2.75, 3.05) is 36.5 Å². The Bertz CT molecular complexity index is 438. The van der Waals surface area contributed by atoms with Gasteiger partial charge in [0.1, 0.15) is 6.61 Å². The van der Waals surface area contributed by atoms with Gasteiger partial charge in [-0.1, -0.05) is 0 Å². The van der Waals surface area contributed by atoms with Crippen molar-refractivity contribution in [1.29, 1.82) is 0 Å². The molecule has 118 valence electrons. The van der Waals surface area contributed by atoms with Gasteiger partial charge in [-0.3, -0.25) is 4.79 Å². The van der Waals surface area contributed by atoms with Crippen molar-refractivity contribution in [2.24, 2.45) is 0 Å². The van der Waals surface area contributed by atoms with Crippen molar-refractivity contribution in [3.8, 4) is 0 Å². The minimum atomic E-state index is -0.326. The molecule has 0 saturated carbocycles. The number of aliphatic hydroxyl groups excluding tert-OH is 1. The maximum absolute atomic E-state index is 11.8. The summed E-state index contributed by atoms with van der Waals surface area (Å²) in [6.45, 7) is 9.36. The Hall–Kier alpha value is -1.59. The summed E-state index contributed by atoms with van der Waals surface area (Å²) in [6, 6.07) is 7.56. The molecule has 5 nitrogen and oxygen atoms in total. The number of benzene rings is 1. The van der Waals surface area contributed by atoms with E-state index in [-0.39, 0.29) is 24.7 Å². The molecule has 0 fully saturated rings. The highest BCUT2D eigenvalue weighted by Crippen LogP contribution is 2.17. The van der Waals surface area contributed by atoms with Crippen LogP contribution in [0.15, 0.2) is 24.3 Å². The highest BCUT2D eigenvalue weighted by molar-refractivity contribution is 5.91. The summed E-state index contributed by atoms with van der Waals surface area (Å²) in [4.78, 5) is 13.8. The van der Waals surface area contributed by atoms with Gasteiger partial charge in [-0.05, 0) is 52.0 Å². The summed E-state index contributed by atoms with van der Waals surface area (Å²) in [7, 11) is 0. The number of hydrogen-bond donors (Lipinski definition) is 2. The number of rotatable bonds is 7.